The van der Waals surface area contributed by atoms with E-state index < -0.39 is 0 Å². The summed E-state index contributed by atoms with van der Waals surface area (Å²) in [6, 6.07) is 0. The van der Waals surface area contributed by atoms with Crippen LogP contribution in [0.1, 0.15) is 20.3 Å². The number of hydrogen-bond donors (Lipinski definition) is 0. The van der Waals surface area contributed by atoms with Gasteiger partial charge >= 0.3 is 96.0 Å². The Hall–Kier alpha value is -0.552. The molecule has 1 aliphatic carbocycles. The second kappa shape index (κ2) is 5.36. The van der Waals surface area contributed by atoms with Gasteiger partial charge in [0.1, 0.15) is 0 Å². The number of carbonyl (C=O) groups excluding carboxylic acids is 1. The van der Waals surface area contributed by atoms with Gasteiger partial charge in [-0.25, -0.2) is 0 Å². The summed E-state index contributed by atoms with van der Waals surface area (Å²) >= 11 is 1.46. The molecule has 0 spiro atoms. The third-order valence-electron chi connectivity index (χ3n) is 2.04. The summed E-state index contributed by atoms with van der Waals surface area (Å²) in [5.74, 6) is 0.673. The van der Waals surface area contributed by atoms with Crippen LogP contribution in [0.5, 0.6) is 0 Å². The van der Waals surface area contributed by atoms with E-state index in [1.165, 1.54) is 24.9 Å². The SMILES string of the molecule is CC(C)/C([CH]=[W])=C/C1=[C-]CC(=O)C=C1. The second-order valence-corrected chi connectivity index (χ2v) is 4.37. The fourth-order valence-electron chi connectivity index (χ4n) is 1.11. The molecular weight excluding hydrogens is 344 g/mol. The third-order valence-corrected chi connectivity index (χ3v) is 3.02. The molecule has 0 radical (unpaired) electrons. The van der Waals surface area contributed by atoms with E-state index in [0.29, 0.717) is 12.3 Å². The van der Waals surface area contributed by atoms with E-state index in [9.17, 15) is 4.79 Å². The van der Waals surface area contributed by atoms with E-state index >= 15 is 0 Å². The van der Waals surface area contributed by atoms with Crippen molar-refractivity contribution in [3.63, 3.8) is 0 Å². The van der Waals surface area contributed by atoms with Gasteiger partial charge in [0, 0.05) is 0 Å². The van der Waals surface area contributed by atoms with E-state index in [1.54, 1.807) is 6.08 Å². The molecule has 0 aromatic carbocycles. The zero-order valence-corrected chi connectivity index (χ0v) is 11.3. The normalized spacial score (nSPS) is 17.2. The molecule has 1 aliphatic rings. The van der Waals surface area contributed by atoms with E-state index in [2.05, 4.69) is 30.4 Å². The summed E-state index contributed by atoms with van der Waals surface area (Å²) < 4.78 is 2.18. The first-order valence-corrected chi connectivity index (χ1v) is 6.31. The molecule has 0 unspecified atom stereocenters. The van der Waals surface area contributed by atoms with Crippen molar-refractivity contribution in [3.05, 3.63) is 35.5 Å². The van der Waals surface area contributed by atoms with Gasteiger partial charge in [-0.15, -0.1) is 0 Å². The zero-order chi connectivity index (χ0) is 10.6. The Kier molecular flexibility index (Phi) is 4.41. The number of allylic oxidation sites excluding steroid dienone is 6. The van der Waals surface area contributed by atoms with Crippen molar-refractivity contribution in [2.45, 2.75) is 20.3 Å². The van der Waals surface area contributed by atoms with Crippen molar-refractivity contribution < 1.29 is 24.1 Å². The minimum absolute atomic E-state index is 0.138. The van der Waals surface area contributed by atoms with Gasteiger partial charge in [0.15, 0.2) is 0 Å². The molecule has 0 fully saturated rings. The van der Waals surface area contributed by atoms with E-state index in [4.69, 9.17) is 0 Å². The molecule has 0 aliphatic heterocycles. The van der Waals surface area contributed by atoms with Crippen molar-refractivity contribution in [1.82, 2.24) is 0 Å². The Morgan fingerprint density at radius 1 is 1.57 bits per heavy atom. The Morgan fingerprint density at radius 3 is 2.71 bits per heavy atom. The molecular formula is C12H13OW-. The van der Waals surface area contributed by atoms with Gasteiger partial charge in [0.2, 0.25) is 0 Å². The zero-order valence-electron chi connectivity index (χ0n) is 8.41. The number of rotatable bonds is 3. The quantitative estimate of drug-likeness (QED) is 0.708. The first kappa shape index (κ1) is 11.5. The molecule has 0 N–H and O–H groups in total. The Morgan fingerprint density at radius 2 is 2.29 bits per heavy atom. The van der Waals surface area contributed by atoms with Crippen molar-refractivity contribution in [3.8, 4) is 0 Å². The summed E-state index contributed by atoms with van der Waals surface area (Å²) in [7, 11) is 0. The molecule has 0 aromatic rings. The summed E-state index contributed by atoms with van der Waals surface area (Å²) in [5.41, 5.74) is 2.35. The first-order valence-electron chi connectivity index (χ1n) is 4.62. The van der Waals surface area contributed by atoms with Crippen LogP contribution in [0.2, 0.25) is 0 Å². The molecule has 1 nitrogen and oxygen atoms in total. The maximum atomic E-state index is 10.9. The summed E-state index contributed by atoms with van der Waals surface area (Å²) in [4.78, 5) is 10.9. The van der Waals surface area contributed by atoms with Crippen LogP contribution in [-0.4, -0.2) is 10.2 Å². The predicted molar refractivity (Wildman–Crippen MR) is 54.5 cm³/mol. The Bertz CT molecular complexity index is 332. The van der Waals surface area contributed by atoms with Crippen LogP contribution in [0.3, 0.4) is 0 Å². The first-order chi connectivity index (χ1) is 6.63. The fraction of sp³-hybridized carbons (Fsp3) is 0.333. The van der Waals surface area contributed by atoms with Crippen LogP contribution in [0.15, 0.2) is 29.4 Å². The summed E-state index contributed by atoms with van der Waals surface area (Å²) in [6.07, 6.45) is 9.08. The standard InChI is InChI=1S/C12H13O.W/c1-9(2)10(3)8-11-4-6-12(13)7-5-11;/h3-4,6,8-9H,7H2,1-2H3;/q-1;/b10-8+;. The predicted octanol–water partition coefficient (Wildman–Crippen LogP) is 2.18. The molecule has 0 atom stereocenters. The van der Waals surface area contributed by atoms with E-state index in [1.807, 2.05) is 6.08 Å². The van der Waals surface area contributed by atoms with Crippen molar-refractivity contribution in [2.75, 3.05) is 0 Å². The van der Waals surface area contributed by atoms with E-state index in [0.717, 1.165) is 5.57 Å². The van der Waals surface area contributed by atoms with Gasteiger partial charge in [0.25, 0.3) is 0 Å². The minimum atomic E-state index is 0.138. The summed E-state index contributed by atoms with van der Waals surface area (Å²) in [5, 5.41) is 0. The molecule has 14 heavy (non-hydrogen) atoms. The van der Waals surface area contributed by atoms with Gasteiger partial charge in [-0.2, -0.15) is 0 Å². The monoisotopic (exact) mass is 357 g/mol. The fourth-order valence-corrected chi connectivity index (χ4v) is 2.33. The molecule has 1 rings (SSSR count). The van der Waals surface area contributed by atoms with Gasteiger partial charge < -0.3 is 0 Å². The van der Waals surface area contributed by atoms with Crippen LogP contribution in [0.25, 0.3) is 0 Å². The van der Waals surface area contributed by atoms with Gasteiger partial charge in [-0.05, 0) is 0 Å². The average Bonchev–Trinajstić information content (AvgIpc) is 2.16. The maximum absolute atomic E-state index is 10.9. The number of carbonyl (C=O) groups is 1. The Labute approximate surface area is 96.0 Å². The van der Waals surface area contributed by atoms with Crippen molar-refractivity contribution >= 4 is 10.2 Å². The van der Waals surface area contributed by atoms with Crippen molar-refractivity contribution in [2.24, 2.45) is 5.92 Å². The van der Waals surface area contributed by atoms with Crippen LogP contribution in [0, 0.1) is 12.0 Å². The third kappa shape index (κ3) is 3.30. The molecule has 0 heterocycles. The average molecular weight is 357 g/mol. The Balaban J connectivity index is 2.81. The van der Waals surface area contributed by atoms with E-state index in [-0.39, 0.29) is 5.78 Å². The summed E-state index contributed by atoms with van der Waals surface area (Å²) in [6.45, 7) is 4.34. The molecule has 0 saturated carbocycles. The molecule has 0 amide bonds. The van der Waals surface area contributed by atoms with Gasteiger partial charge in [-0.1, -0.05) is 0 Å². The molecule has 2 heteroatoms. The van der Waals surface area contributed by atoms with Crippen LogP contribution in [-0.2, 0) is 24.1 Å². The number of hydrogen-bond acceptors (Lipinski definition) is 1. The molecule has 0 bridgehead atoms. The van der Waals surface area contributed by atoms with Crippen LogP contribution in [0.4, 0.5) is 0 Å². The molecule has 74 valence electrons. The topological polar surface area (TPSA) is 17.1 Å². The van der Waals surface area contributed by atoms with Crippen LogP contribution >= 0.6 is 0 Å². The second-order valence-electron chi connectivity index (χ2n) is 3.53. The van der Waals surface area contributed by atoms with Crippen molar-refractivity contribution in [1.29, 1.82) is 0 Å². The number of ketones is 1. The van der Waals surface area contributed by atoms with Crippen LogP contribution < -0.4 is 0 Å². The molecule has 0 aromatic heterocycles. The van der Waals surface area contributed by atoms with Gasteiger partial charge in [-0.3, -0.25) is 0 Å². The molecule has 0 saturated heterocycles. The van der Waals surface area contributed by atoms with Gasteiger partial charge in [0.05, 0.1) is 0 Å².